The molecule has 0 aliphatic heterocycles. The quantitative estimate of drug-likeness (QED) is 0.714. The normalized spacial score (nSPS) is 12.9. The van der Waals surface area contributed by atoms with Gasteiger partial charge in [-0.05, 0) is 29.5 Å². The van der Waals surface area contributed by atoms with E-state index in [2.05, 4.69) is 63.9 Å². The van der Waals surface area contributed by atoms with Crippen molar-refractivity contribution in [2.45, 2.75) is 40.0 Å². The molecule has 0 spiro atoms. The summed E-state index contributed by atoms with van der Waals surface area (Å²) in [5.41, 5.74) is 2.74. The van der Waals surface area contributed by atoms with Gasteiger partial charge in [0.1, 0.15) is 0 Å². The number of nitrogens with zero attached hydrogens (tertiary/aromatic N) is 1. The molecule has 0 amide bonds. The van der Waals surface area contributed by atoms with E-state index in [9.17, 15) is 0 Å². The Bertz CT molecular complexity index is 300. The molecule has 1 atom stereocenters. The molecular formula is C15H25N. The van der Waals surface area contributed by atoms with Gasteiger partial charge in [0.2, 0.25) is 0 Å². The zero-order chi connectivity index (χ0) is 12.1. The van der Waals surface area contributed by atoms with Gasteiger partial charge < -0.3 is 4.90 Å². The van der Waals surface area contributed by atoms with E-state index in [4.69, 9.17) is 0 Å². The monoisotopic (exact) mass is 219 g/mol. The summed E-state index contributed by atoms with van der Waals surface area (Å²) in [6, 6.07) is 8.95. The molecule has 0 aliphatic carbocycles. The third kappa shape index (κ3) is 3.55. The van der Waals surface area contributed by atoms with E-state index < -0.39 is 0 Å². The van der Waals surface area contributed by atoms with Gasteiger partial charge in [-0.2, -0.15) is 0 Å². The molecule has 0 saturated carbocycles. The number of anilines is 1. The maximum Gasteiger partial charge on any atom is 0.0363 e. The van der Waals surface area contributed by atoms with Crippen LogP contribution in [0.5, 0.6) is 0 Å². The smallest absolute Gasteiger partial charge is 0.0363 e. The highest BCUT2D eigenvalue weighted by molar-refractivity contribution is 5.47. The van der Waals surface area contributed by atoms with Gasteiger partial charge in [0.05, 0.1) is 0 Å². The van der Waals surface area contributed by atoms with Gasteiger partial charge in [0.15, 0.2) is 0 Å². The maximum absolute atomic E-state index is 2.35. The molecule has 1 aromatic rings. The van der Waals surface area contributed by atoms with Crippen LogP contribution in [0.2, 0.25) is 0 Å². The lowest BCUT2D eigenvalue weighted by Gasteiger charge is -2.23. The van der Waals surface area contributed by atoms with Crippen molar-refractivity contribution in [1.29, 1.82) is 0 Å². The average Bonchev–Trinajstić information content (AvgIpc) is 2.28. The Morgan fingerprint density at radius 3 is 2.06 bits per heavy atom. The molecule has 16 heavy (non-hydrogen) atoms. The summed E-state index contributed by atoms with van der Waals surface area (Å²) in [5.74, 6) is 1.38. The second-order valence-corrected chi connectivity index (χ2v) is 5.14. The fourth-order valence-electron chi connectivity index (χ4n) is 1.82. The van der Waals surface area contributed by atoms with Crippen LogP contribution in [0.3, 0.4) is 0 Å². The Labute approximate surface area is 100 Å². The second kappa shape index (κ2) is 5.93. The first-order valence-electron chi connectivity index (χ1n) is 6.35. The first-order valence-corrected chi connectivity index (χ1v) is 6.35. The Kier molecular flexibility index (Phi) is 4.85. The van der Waals surface area contributed by atoms with Crippen LogP contribution in [0.15, 0.2) is 24.3 Å². The summed E-state index contributed by atoms with van der Waals surface area (Å²) in [4.78, 5) is 2.35. The van der Waals surface area contributed by atoms with Crippen molar-refractivity contribution in [3.63, 3.8) is 0 Å². The van der Waals surface area contributed by atoms with Gasteiger partial charge in [-0.3, -0.25) is 0 Å². The number of hydrogen-bond donors (Lipinski definition) is 0. The van der Waals surface area contributed by atoms with Crippen LogP contribution in [-0.4, -0.2) is 13.6 Å². The third-order valence-corrected chi connectivity index (χ3v) is 3.28. The first kappa shape index (κ1) is 13.1. The van der Waals surface area contributed by atoms with Crippen molar-refractivity contribution in [2.75, 3.05) is 18.5 Å². The second-order valence-electron chi connectivity index (χ2n) is 5.14. The lowest BCUT2D eigenvalue weighted by Crippen LogP contribution is -2.23. The molecular weight excluding hydrogens is 194 g/mol. The van der Waals surface area contributed by atoms with E-state index in [1.807, 2.05) is 0 Å². The van der Waals surface area contributed by atoms with Crippen molar-refractivity contribution in [1.82, 2.24) is 0 Å². The molecule has 1 rings (SSSR count). The maximum atomic E-state index is 2.35. The Morgan fingerprint density at radius 1 is 1.06 bits per heavy atom. The highest BCUT2D eigenvalue weighted by Crippen LogP contribution is 2.20. The summed E-state index contributed by atoms with van der Waals surface area (Å²) in [6.45, 7) is 10.2. The van der Waals surface area contributed by atoms with Crippen molar-refractivity contribution in [3.05, 3.63) is 29.8 Å². The summed E-state index contributed by atoms with van der Waals surface area (Å²) >= 11 is 0. The third-order valence-electron chi connectivity index (χ3n) is 3.28. The predicted molar refractivity (Wildman–Crippen MR) is 73.3 cm³/mol. The fourth-order valence-corrected chi connectivity index (χ4v) is 1.82. The van der Waals surface area contributed by atoms with Crippen molar-refractivity contribution < 1.29 is 0 Å². The van der Waals surface area contributed by atoms with Gasteiger partial charge in [-0.15, -0.1) is 0 Å². The highest BCUT2D eigenvalue weighted by atomic mass is 15.1. The largest absolute Gasteiger partial charge is 0.374 e. The van der Waals surface area contributed by atoms with Crippen LogP contribution in [0, 0.1) is 5.92 Å². The van der Waals surface area contributed by atoms with Crippen LogP contribution >= 0.6 is 0 Å². The Hall–Kier alpha value is -0.980. The fraction of sp³-hybridized carbons (Fsp3) is 0.600. The Balaban J connectivity index is 2.66. The minimum absolute atomic E-state index is 0.619. The van der Waals surface area contributed by atoms with E-state index in [-0.39, 0.29) is 0 Å². The van der Waals surface area contributed by atoms with Gasteiger partial charge >= 0.3 is 0 Å². The lowest BCUT2D eigenvalue weighted by atomic mass is 10.0. The minimum atomic E-state index is 0.619. The van der Waals surface area contributed by atoms with Crippen LogP contribution in [0.25, 0.3) is 0 Å². The molecule has 0 N–H and O–H groups in total. The zero-order valence-electron chi connectivity index (χ0n) is 11.3. The standard InChI is InChI=1S/C15H25N/c1-6-13(4)11-16(5)15-9-7-14(8-10-15)12(2)3/h7-10,12-13H,6,11H2,1-5H3. The summed E-state index contributed by atoms with van der Waals surface area (Å²) in [5, 5.41) is 0. The van der Waals surface area contributed by atoms with E-state index in [1.54, 1.807) is 0 Å². The molecule has 0 heterocycles. The van der Waals surface area contributed by atoms with Gasteiger partial charge in [0.25, 0.3) is 0 Å². The van der Waals surface area contributed by atoms with E-state index in [0.717, 1.165) is 12.5 Å². The molecule has 0 aromatic heterocycles. The van der Waals surface area contributed by atoms with Crippen LogP contribution < -0.4 is 4.90 Å². The highest BCUT2D eigenvalue weighted by Gasteiger charge is 2.06. The van der Waals surface area contributed by atoms with Crippen LogP contribution in [-0.2, 0) is 0 Å². The minimum Gasteiger partial charge on any atom is -0.374 e. The molecule has 0 aliphatic rings. The van der Waals surface area contributed by atoms with Gasteiger partial charge in [-0.25, -0.2) is 0 Å². The lowest BCUT2D eigenvalue weighted by molar-refractivity contribution is 0.560. The van der Waals surface area contributed by atoms with Crippen molar-refractivity contribution in [3.8, 4) is 0 Å². The SMILES string of the molecule is CCC(C)CN(C)c1ccc(C(C)C)cc1. The molecule has 1 aromatic carbocycles. The summed E-state index contributed by atoms with van der Waals surface area (Å²) < 4.78 is 0. The van der Waals surface area contributed by atoms with Crippen molar-refractivity contribution >= 4 is 5.69 Å². The molecule has 0 radical (unpaired) electrons. The number of rotatable bonds is 5. The Morgan fingerprint density at radius 2 is 1.62 bits per heavy atom. The topological polar surface area (TPSA) is 3.24 Å². The van der Waals surface area contributed by atoms with Crippen LogP contribution in [0.1, 0.15) is 45.6 Å². The number of hydrogen-bond acceptors (Lipinski definition) is 1. The van der Waals surface area contributed by atoms with Crippen molar-refractivity contribution in [2.24, 2.45) is 5.92 Å². The van der Waals surface area contributed by atoms with Gasteiger partial charge in [0, 0.05) is 19.3 Å². The summed E-state index contributed by atoms with van der Waals surface area (Å²) in [6.07, 6.45) is 1.24. The molecule has 1 unspecified atom stereocenters. The molecule has 90 valence electrons. The molecule has 1 nitrogen and oxygen atoms in total. The van der Waals surface area contributed by atoms with E-state index in [0.29, 0.717) is 5.92 Å². The molecule has 1 heteroatoms. The average molecular weight is 219 g/mol. The zero-order valence-corrected chi connectivity index (χ0v) is 11.3. The number of benzene rings is 1. The van der Waals surface area contributed by atoms with Gasteiger partial charge in [-0.1, -0.05) is 46.2 Å². The molecule has 0 bridgehead atoms. The van der Waals surface area contributed by atoms with Crippen LogP contribution in [0.4, 0.5) is 5.69 Å². The molecule has 0 saturated heterocycles. The van der Waals surface area contributed by atoms with E-state index in [1.165, 1.54) is 17.7 Å². The molecule has 0 fully saturated rings. The first-order chi connectivity index (χ1) is 7.54. The summed E-state index contributed by atoms with van der Waals surface area (Å²) in [7, 11) is 2.18. The predicted octanol–water partition coefficient (Wildman–Crippen LogP) is 4.29. The van der Waals surface area contributed by atoms with E-state index >= 15 is 0 Å².